The molecule has 2 aromatic carbocycles. The van der Waals surface area contributed by atoms with Crippen LogP contribution in [0.5, 0.6) is 5.75 Å². The van der Waals surface area contributed by atoms with Gasteiger partial charge in [0.1, 0.15) is 5.75 Å². The summed E-state index contributed by atoms with van der Waals surface area (Å²) >= 11 is 5.84. The van der Waals surface area contributed by atoms with Gasteiger partial charge in [-0.2, -0.15) is 0 Å². The summed E-state index contributed by atoms with van der Waals surface area (Å²) in [6.45, 7) is 4.29. The summed E-state index contributed by atoms with van der Waals surface area (Å²) in [6, 6.07) is 14.5. The molecule has 0 spiro atoms. The Labute approximate surface area is 164 Å². The Balaban J connectivity index is 1.52. The van der Waals surface area contributed by atoms with Crippen LogP contribution in [0.2, 0.25) is 5.02 Å². The van der Waals surface area contributed by atoms with Gasteiger partial charge in [-0.05, 0) is 49.7 Å². The van der Waals surface area contributed by atoms with E-state index in [2.05, 4.69) is 0 Å². The molecule has 0 atom stereocenters. The highest BCUT2D eigenvalue weighted by Gasteiger charge is 2.23. The third-order valence-corrected chi connectivity index (χ3v) is 4.86. The topological polar surface area (TPSA) is 49.9 Å². The quantitative estimate of drug-likeness (QED) is 0.809. The zero-order chi connectivity index (χ0) is 19.2. The minimum Gasteiger partial charge on any atom is -0.484 e. The number of hydrogen-bond donors (Lipinski definition) is 0. The van der Waals surface area contributed by atoms with Gasteiger partial charge >= 0.3 is 0 Å². The summed E-state index contributed by atoms with van der Waals surface area (Å²) < 4.78 is 5.54. The summed E-state index contributed by atoms with van der Waals surface area (Å²) in [5, 5.41) is 0.625. The van der Waals surface area contributed by atoms with Gasteiger partial charge < -0.3 is 14.5 Å². The molecule has 0 N–H and O–H groups in total. The summed E-state index contributed by atoms with van der Waals surface area (Å²) in [4.78, 5) is 28.7. The van der Waals surface area contributed by atoms with Crippen LogP contribution in [-0.2, 0) is 4.79 Å². The monoisotopic (exact) mass is 386 g/mol. The zero-order valence-corrected chi connectivity index (χ0v) is 16.1. The second-order valence-electron chi connectivity index (χ2n) is 6.64. The van der Waals surface area contributed by atoms with E-state index in [-0.39, 0.29) is 18.4 Å². The summed E-state index contributed by atoms with van der Waals surface area (Å²) in [6.07, 6.45) is 0.754. The first kappa shape index (κ1) is 19.2. The Morgan fingerprint density at radius 1 is 0.926 bits per heavy atom. The molecule has 2 aromatic rings. The first-order chi connectivity index (χ1) is 13.0. The predicted octanol–water partition coefficient (Wildman–Crippen LogP) is 3.40. The van der Waals surface area contributed by atoms with E-state index in [1.807, 2.05) is 36.1 Å². The van der Waals surface area contributed by atoms with Gasteiger partial charge in [0.2, 0.25) is 0 Å². The number of nitrogens with zero attached hydrogens (tertiary/aromatic N) is 2. The fourth-order valence-electron chi connectivity index (χ4n) is 3.02. The van der Waals surface area contributed by atoms with Crippen LogP contribution in [0.4, 0.5) is 0 Å². The van der Waals surface area contributed by atoms with Crippen LogP contribution < -0.4 is 4.74 Å². The average molecular weight is 387 g/mol. The van der Waals surface area contributed by atoms with Crippen molar-refractivity contribution in [3.8, 4) is 5.75 Å². The molecule has 6 heteroatoms. The van der Waals surface area contributed by atoms with Crippen LogP contribution in [0.3, 0.4) is 0 Å². The van der Waals surface area contributed by atoms with E-state index in [4.69, 9.17) is 16.3 Å². The van der Waals surface area contributed by atoms with E-state index < -0.39 is 0 Å². The number of ether oxygens (including phenoxy) is 1. The van der Waals surface area contributed by atoms with Crippen LogP contribution >= 0.6 is 11.6 Å². The third-order valence-electron chi connectivity index (χ3n) is 4.61. The Morgan fingerprint density at radius 2 is 1.56 bits per heavy atom. The molecule has 0 saturated carbocycles. The molecule has 1 saturated heterocycles. The molecular formula is C21H23ClN2O3. The highest BCUT2D eigenvalue weighted by Crippen LogP contribution is 2.16. The Hall–Kier alpha value is -2.53. The Bertz CT molecular complexity index is 790. The molecule has 0 bridgehead atoms. The van der Waals surface area contributed by atoms with Crippen molar-refractivity contribution in [3.05, 3.63) is 64.7 Å². The maximum atomic E-state index is 12.7. The van der Waals surface area contributed by atoms with Gasteiger partial charge in [0.15, 0.2) is 6.61 Å². The van der Waals surface area contributed by atoms with Crippen molar-refractivity contribution in [2.45, 2.75) is 13.3 Å². The number of carbonyl (C=O) groups is 2. The molecular weight excluding hydrogens is 364 g/mol. The fraction of sp³-hybridized carbons (Fsp3) is 0.333. The molecule has 0 radical (unpaired) electrons. The molecule has 2 amide bonds. The minimum absolute atomic E-state index is 0.0155. The second-order valence-corrected chi connectivity index (χ2v) is 7.07. The van der Waals surface area contributed by atoms with Gasteiger partial charge in [0.25, 0.3) is 11.8 Å². The average Bonchev–Trinajstić information content (AvgIpc) is 2.94. The molecule has 1 aliphatic rings. The van der Waals surface area contributed by atoms with E-state index >= 15 is 0 Å². The number of aryl methyl sites for hydroxylation is 1. The number of halogens is 1. The lowest BCUT2D eigenvalue weighted by molar-refractivity contribution is -0.133. The Morgan fingerprint density at radius 3 is 2.26 bits per heavy atom. The number of hydrogen-bond acceptors (Lipinski definition) is 3. The lowest BCUT2D eigenvalue weighted by Gasteiger charge is -2.22. The van der Waals surface area contributed by atoms with Crippen molar-refractivity contribution < 1.29 is 14.3 Å². The molecule has 1 aliphatic heterocycles. The highest BCUT2D eigenvalue weighted by molar-refractivity contribution is 6.30. The van der Waals surface area contributed by atoms with Crippen molar-refractivity contribution in [1.29, 1.82) is 0 Å². The molecule has 1 heterocycles. The van der Waals surface area contributed by atoms with Crippen molar-refractivity contribution >= 4 is 23.4 Å². The molecule has 142 valence electrons. The molecule has 27 heavy (non-hydrogen) atoms. The van der Waals surface area contributed by atoms with Gasteiger partial charge in [0, 0.05) is 36.8 Å². The van der Waals surface area contributed by atoms with Crippen molar-refractivity contribution in [2.24, 2.45) is 0 Å². The predicted molar refractivity (Wildman–Crippen MR) is 105 cm³/mol. The van der Waals surface area contributed by atoms with Crippen molar-refractivity contribution in [3.63, 3.8) is 0 Å². The SMILES string of the molecule is Cc1ccc(C(=O)N2CCCN(C(=O)COc3ccc(Cl)cc3)CC2)cc1. The lowest BCUT2D eigenvalue weighted by Crippen LogP contribution is -2.39. The van der Waals surface area contributed by atoms with Gasteiger partial charge in [-0.3, -0.25) is 9.59 Å². The minimum atomic E-state index is -0.0745. The smallest absolute Gasteiger partial charge is 0.260 e. The van der Waals surface area contributed by atoms with Crippen LogP contribution in [0.1, 0.15) is 22.3 Å². The maximum absolute atomic E-state index is 12.7. The van der Waals surface area contributed by atoms with Crippen LogP contribution in [0.15, 0.2) is 48.5 Å². The first-order valence-corrected chi connectivity index (χ1v) is 9.43. The molecule has 3 rings (SSSR count). The number of amides is 2. The van der Waals surface area contributed by atoms with E-state index in [0.29, 0.717) is 42.5 Å². The molecule has 0 aromatic heterocycles. The second kappa shape index (κ2) is 8.91. The highest BCUT2D eigenvalue weighted by atomic mass is 35.5. The number of rotatable bonds is 4. The van der Waals surface area contributed by atoms with Crippen molar-refractivity contribution in [1.82, 2.24) is 9.80 Å². The summed E-state index contributed by atoms with van der Waals surface area (Å²) in [7, 11) is 0. The third kappa shape index (κ3) is 5.23. The fourth-order valence-corrected chi connectivity index (χ4v) is 3.14. The van der Waals surface area contributed by atoms with Crippen LogP contribution in [0.25, 0.3) is 0 Å². The number of carbonyl (C=O) groups excluding carboxylic acids is 2. The van der Waals surface area contributed by atoms with Gasteiger partial charge in [-0.25, -0.2) is 0 Å². The number of benzene rings is 2. The summed E-state index contributed by atoms with van der Waals surface area (Å²) in [5.41, 5.74) is 1.81. The molecule has 0 aliphatic carbocycles. The first-order valence-electron chi connectivity index (χ1n) is 9.05. The maximum Gasteiger partial charge on any atom is 0.260 e. The normalized spacial score (nSPS) is 14.6. The molecule has 0 unspecified atom stereocenters. The lowest BCUT2D eigenvalue weighted by atomic mass is 10.1. The van der Waals surface area contributed by atoms with E-state index in [0.717, 1.165) is 12.0 Å². The van der Waals surface area contributed by atoms with Gasteiger partial charge in [-0.1, -0.05) is 29.3 Å². The van der Waals surface area contributed by atoms with Gasteiger partial charge in [-0.15, -0.1) is 0 Å². The van der Waals surface area contributed by atoms with E-state index in [9.17, 15) is 9.59 Å². The Kier molecular flexibility index (Phi) is 6.35. The van der Waals surface area contributed by atoms with Crippen molar-refractivity contribution in [2.75, 3.05) is 32.8 Å². The van der Waals surface area contributed by atoms with E-state index in [1.54, 1.807) is 29.2 Å². The molecule has 1 fully saturated rings. The van der Waals surface area contributed by atoms with Crippen LogP contribution in [0, 0.1) is 6.92 Å². The van der Waals surface area contributed by atoms with E-state index in [1.165, 1.54) is 0 Å². The summed E-state index contributed by atoms with van der Waals surface area (Å²) in [5.74, 6) is 0.551. The van der Waals surface area contributed by atoms with Crippen LogP contribution in [-0.4, -0.2) is 54.4 Å². The molecule has 5 nitrogen and oxygen atoms in total. The van der Waals surface area contributed by atoms with Gasteiger partial charge in [0.05, 0.1) is 0 Å². The standard InChI is InChI=1S/C21H23ClN2O3/c1-16-3-5-17(6-4-16)21(26)24-12-2-11-23(13-14-24)20(25)15-27-19-9-7-18(22)8-10-19/h3-10H,2,11-15H2,1H3. The zero-order valence-electron chi connectivity index (χ0n) is 15.4. The largest absolute Gasteiger partial charge is 0.484 e.